The molecule has 20 atom stereocenters. The molecule has 828 valence electrons. The first-order valence-corrected chi connectivity index (χ1v) is 39.9. The molecule has 0 unspecified atom stereocenters. The first-order valence-electron chi connectivity index (χ1n) is 39.2. The quantitative estimate of drug-likeness (QED) is 0.0603. The van der Waals surface area contributed by atoms with Crippen molar-refractivity contribution >= 4 is 46.5 Å². The van der Waals surface area contributed by atoms with Crippen molar-refractivity contribution in [3.63, 3.8) is 0 Å². The van der Waals surface area contributed by atoms with Gasteiger partial charge in [0.05, 0.1) is 56.1 Å². The van der Waals surface area contributed by atoms with E-state index >= 15 is 0 Å². The van der Waals surface area contributed by atoms with Gasteiger partial charge < -0.3 is 74.1 Å². The third-order valence-corrected chi connectivity index (χ3v) is 25.8. The summed E-state index contributed by atoms with van der Waals surface area (Å²) < 4.78 is 37.2. The van der Waals surface area contributed by atoms with E-state index in [2.05, 4.69) is 103 Å². The summed E-state index contributed by atoms with van der Waals surface area (Å²) in [7, 11) is 0. The number of aliphatic hydroxyl groups excluding tert-OH is 5. The van der Waals surface area contributed by atoms with Gasteiger partial charge in [0, 0.05) is 757 Å². The van der Waals surface area contributed by atoms with Gasteiger partial charge in [-0.3, -0.25) is 71.7 Å². The van der Waals surface area contributed by atoms with Gasteiger partial charge in [-0.1, -0.05) is 72.7 Å². The Morgan fingerprint density at radius 2 is 0.599 bits per heavy atom. The molecule has 43 nitrogen and oxygen atoms in total. The summed E-state index contributed by atoms with van der Waals surface area (Å²) in [6.07, 6.45) is 12.1. The SMILES string of the molecule is C.C.CC[C@@]12CN(c3cc(Cl)ncn3)[C@@H]([C@H](n3cc(C)c(=O)[nH]c3=O)O1)[C@@H]2C.CC[C@@]12CN(c3ccncn3)[C@@H]([C@H](n3cc(C)c(=O)[nH]c3=O)O1)[C@@H]2O.CC[C@@]12CN[C@@H]([C@H](n3cc(C)c(=O)[nH]c3=O)O1)[C@@H]2C.Cc1cn([C@@H]2O[C@@]3(CO)CN(c4cc(Cl)ncn4)[C@@H]2[C@@H]3O)c(=O)[nH]c1=O.Cc1cn([C@@H]2O[C@@]3(CO)CN(c4ccncn4)[C@@H]2[C@@H]3O)c(=O)[nH]c1=O.[Ta].[Ta].[Ta].[Ta].[Ta].[Ta].[Ta].[Ta].[Tb].[Tb].[Tb].[Tb].[Tb].[Tb].[Tb].[Tb].[Tc].[Tc].[Tc].[Tc].[Tc].[Tc].[Tc].[Tc]. The Labute approximate surface area is 1330 Å². The van der Waals surface area contributed by atoms with Crippen LogP contribution in [0.3, 0.4) is 0 Å². The number of halogens is 2. The zero-order chi connectivity index (χ0) is 86.6. The Balaban J connectivity index is -0.000000149. The first kappa shape index (κ1) is 182. The van der Waals surface area contributed by atoms with Gasteiger partial charge in [0.2, 0.25) is 0 Å². The maximum atomic E-state index is 12.4. The number of aliphatic hydroxyl groups is 5. The summed E-state index contributed by atoms with van der Waals surface area (Å²) in [5.74, 6) is 2.88. The van der Waals surface area contributed by atoms with E-state index in [4.69, 9.17) is 46.9 Å². The van der Waals surface area contributed by atoms with Crippen LogP contribution in [-0.2, 0) is 364 Å². The molecule has 11 N–H and O–H groups in total. The molecular formula is C78H99Cl2N23O20Ta8Tb8Tc8. The molecule has 147 heavy (non-hydrogen) atoms. The van der Waals surface area contributed by atoms with Crippen LogP contribution in [0.15, 0.2) is 141 Å². The van der Waals surface area contributed by atoms with Crippen molar-refractivity contribution in [1.29, 1.82) is 0 Å². The molecule has 10 fully saturated rings. The van der Waals surface area contributed by atoms with Gasteiger partial charge in [-0.2, -0.15) is 0 Å². The van der Waals surface area contributed by atoms with Crippen LogP contribution in [0, 0.1) is 355 Å². The summed E-state index contributed by atoms with van der Waals surface area (Å²) in [6, 6.07) is 4.84. The molecule has 0 spiro atoms. The Bertz CT molecular complexity index is 5900. The number of H-pyrrole nitrogens is 5. The van der Waals surface area contributed by atoms with Gasteiger partial charge in [-0.25, -0.2) is 63.8 Å². The van der Waals surface area contributed by atoms with E-state index in [1.165, 1.54) is 72.8 Å². The van der Waals surface area contributed by atoms with Crippen molar-refractivity contribution in [1.82, 2.24) is 92.9 Å². The third-order valence-electron chi connectivity index (χ3n) is 25.4. The molecule has 0 amide bonds. The largest absolute Gasteiger partial charge is 0.393 e. The van der Waals surface area contributed by atoms with Gasteiger partial charge in [0.25, 0.3) is 27.8 Å². The van der Waals surface area contributed by atoms with Gasteiger partial charge >= 0.3 is 28.4 Å². The number of aromatic nitrogens is 18. The number of aromatic amines is 5. The molecule has 9 aromatic rings. The van der Waals surface area contributed by atoms with E-state index in [-0.39, 0.29) is 723 Å². The number of aryl methyl sites for hydroxylation is 5. The van der Waals surface area contributed by atoms with E-state index in [0.29, 0.717) is 81.7 Å². The molecule has 0 saturated carbocycles. The van der Waals surface area contributed by atoms with E-state index in [0.717, 1.165) is 19.4 Å². The molecule has 0 aromatic carbocycles. The van der Waals surface area contributed by atoms with E-state index < -0.39 is 142 Å². The molecule has 10 bridgehead atoms. The Morgan fingerprint density at radius 3 is 0.857 bits per heavy atom. The van der Waals surface area contributed by atoms with Crippen LogP contribution in [0.1, 0.15) is 128 Å². The summed E-state index contributed by atoms with van der Waals surface area (Å²) >= 11 is 12.0. The fourth-order valence-electron chi connectivity index (χ4n) is 18.4. The Morgan fingerprint density at radius 1 is 0.354 bits per heavy atom. The van der Waals surface area contributed by atoms with Crippen molar-refractivity contribution < 1.29 is 698 Å². The summed E-state index contributed by atoms with van der Waals surface area (Å²) in [5.41, 5.74) is -6.72. The van der Waals surface area contributed by atoms with Crippen molar-refractivity contribution in [3.8, 4) is 0 Å². The van der Waals surface area contributed by atoms with Crippen molar-refractivity contribution in [3.05, 3.63) is 235 Å². The maximum Gasteiger partial charge on any atom is 0.330 e. The monoisotopic (exact) mass is 5240 g/mol. The number of anilines is 4. The average Bonchev–Trinajstić information content (AvgIpc) is 1.56. The van der Waals surface area contributed by atoms with E-state index in [1.807, 2.05) is 11.8 Å². The van der Waals surface area contributed by atoms with Crippen LogP contribution in [0.5, 0.6) is 0 Å². The predicted molar refractivity (Wildman–Crippen MR) is 444 cm³/mol. The molecular weight excluding hydrogens is 5150 g/mol. The molecule has 10 aliphatic heterocycles. The fraction of sp³-hybridized carbons (Fsp3) is 0.538. The fourth-order valence-corrected chi connectivity index (χ4v) is 18.7. The van der Waals surface area contributed by atoms with E-state index in [9.17, 15) is 73.5 Å². The number of fused-ring (bicyclic) bond motifs is 10. The number of nitrogens with zero attached hydrogens (tertiary/aromatic N) is 17. The smallest absolute Gasteiger partial charge is 0.330 e. The van der Waals surface area contributed by atoms with Crippen LogP contribution in [0.25, 0.3) is 0 Å². The minimum absolute atomic E-state index is 0. The number of morpholine rings is 5. The van der Waals surface area contributed by atoms with Gasteiger partial charge in [0.1, 0.15) is 112 Å². The zero-order valence-electron chi connectivity index (χ0n) is 76.4. The van der Waals surface area contributed by atoms with Crippen LogP contribution in [-0.4, -0.2) is 236 Å². The minimum Gasteiger partial charge on any atom is -0.393 e. The van der Waals surface area contributed by atoms with Crippen molar-refractivity contribution in [2.45, 2.75) is 211 Å². The molecule has 10 aliphatic rings. The number of hydrogen-bond acceptors (Lipinski definition) is 33. The van der Waals surface area contributed by atoms with E-state index in [1.54, 1.807) is 87.4 Å². The predicted octanol–water partition coefficient (Wildman–Crippen LogP) is -0.641. The standard InChI is InChI=1S/C17H20ClN5O3.C16H19N5O4.C15H16ClN5O5.C15H17N5O5.C13H19N3O3.2CH4.8Ta.8Tb.8Tc/c1-4-17-7-23(12-5-11(18)19-8-20-12)13(10(17)3)15(26-17)22-6-9(2)14(24)21-16(22)25;1-3-16-7-21(10-4-5-17-8-18-10)11(12(16)22)14(25-16)20-6-9(2)13(23)19-15(20)24;1-7-3-20(14(25)19-12(7)24)13-10-11(23)15(5-22,26-13)4-21(10)9-2-8(16)17-6-18-9;1-8-4-19(14(24)18-12(8)23)13-10-11(22)15(6-21,25-13)5-20(10)9-2-3-16-7-17-9;1-4-13-6-14-9(8(13)3)11(19-13)16-5-7(2)10(17)15-12(16)18;;;;;;;;;;;;;;;;;;;;;;;;;;/h5-6,8,10,13,15H,4,7H2,1-3H3,(H,21,24,25);4-6,8,11-12,14,22H,3,7H2,1-2H3,(H,19,23,24);2-3,6,10-11,13,22-23H,4-5H2,1H3,(H,19,24,25);2-4,7,10-11,13,21-22H,5-6H2,1H3,(H,18,23,24);5,8-9,11,14H,4,6H2,1-3H3,(H,15,17,18);2*1H4;;;;;;;;;;;;;;;;;;;;;;;;/t10-,13+,15+,17-;11-,12+,14-,16+;2*10-,11+,13-,15-;8-,9+,11+,13-;;;;;;;;;;;;;;;;;;;;;;;;;;/m01110........................../s1. The van der Waals surface area contributed by atoms with Crippen LogP contribution >= 0.6 is 23.2 Å². The van der Waals surface area contributed by atoms with Crippen LogP contribution in [0.4, 0.5) is 23.3 Å². The number of hydrogen-bond donors (Lipinski definition) is 11. The maximum absolute atomic E-state index is 12.4. The Hall–Kier alpha value is 10.5. The third kappa shape index (κ3) is 37.8. The molecule has 19 heterocycles. The molecule has 19 rings (SSSR count). The number of nitrogens with one attached hydrogen (secondary N) is 6. The van der Waals surface area contributed by atoms with Crippen molar-refractivity contribution in [2.24, 2.45) is 11.8 Å². The zero-order valence-corrected chi connectivity index (χ0v) is 136. The second kappa shape index (κ2) is 78.5. The van der Waals surface area contributed by atoms with Crippen LogP contribution in [0.2, 0.25) is 10.3 Å². The molecule has 0 aliphatic carbocycles. The van der Waals surface area contributed by atoms with Gasteiger partial charge in [-0.15, -0.1) is 0 Å². The van der Waals surface area contributed by atoms with Gasteiger partial charge in [-0.05, 0) is 66.0 Å². The normalized spacial score (nSPS) is 25.9. The average molecular weight is 5250 g/mol. The van der Waals surface area contributed by atoms with Gasteiger partial charge in [0.15, 0.2) is 31.1 Å². The molecule has 10 saturated heterocycles. The number of rotatable bonds is 14. The number of ether oxygens (including phenoxy) is 5. The second-order valence-corrected chi connectivity index (χ2v) is 32.7. The topological polar surface area (TPSA) is 550 Å². The first-order chi connectivity index (χ1) is 57.6. The minimum atomic E-state index is -1.28. The van der Waals surface area contributed by atoms with Crippen LogP contribution < -0.4 is 81.2 Å². The molecule has 69 heteroatoms. The summed E-state index contributed by atoms with van der Waals surface area (Å²) in [4.78, 5) is 171. The molecule has 24 radical (unpaired) electrons. The van der Waals surface area contributed by atoms with Crippen molar-refractivity contribution in [2.75, 3.05) is 65.5 Å². The summed E-state index contributed by atoms with van der Waals surface area (Å²) in [6.45, 7) is 20.0. The summed E-state index contributed by atoms with van der Waals surface area (Å²) in [5, 5.41) is 56.0. The molecule has 9 aromatic heterocycles. The Kier molecular flexibility index (Phi) is 97.3. The second-order valence-electron chi connectivity index (χ2n) is 32.0.